The zero-order valence-electron chi connectivity index (χ0n) is 17.5. The van der Waals surface area contributed by atoms with E-state index in [9.17, 15) is 19.2 Å². The van der Waals surface area contributed by atoms with Crippen LogP contribution in [0.1, 0.15) is 36.7 Å². The fourth-order valence-corrected chi connectivity index (χ4v) is 3.35. The van der Waals surface area contributed by atoms with Crippen molar-refractivity contribution >= 4 is 40.8 Å². The van der Waals surface area contributed by atoms with Crippen LogP contribution < -0.4 is 21.9 Å². The van der Waals surface area contributed by atoms with Gasteiger partial charge in [-0.2, -0.15) is 0 Å². The highest BCUT2D eigenvalue weighted by atomic mass is 35.5. The molecule has 0 bridgehead atoms. The van der Waals surface area contributed by atoms with Crippen LogP contribution in [0, 0.1) is 0 Å². The van der Waals surface area contributed by atoms with Gasteiger partial charge in [-0.25, -0.2) is 0 Å². The zero-order chi connectivity index (χ0) is 23.4. The number of esters is 1. The van der Waals surface area contributed by atoms with Crippen molar-refractivity contribution < 1.29 is 23.9 Å². The lowest BCUT2D eigenvalue weighted by atomic mass is 10.2. The Morgan fingerprint density at radius 3 is 2.78 bits per heavy atom. The molecule has 1 aromatic carbocycles. The topological polar surface area (TPSA) is 142 Å². The molecule has 1 aliphatic heterocycles. The Balaban J connectivity index is 1.74. The van der Waals surface area contributed by atoms with Crippen molar-refractivity contribution in [3.05, 3.63) is 57.5 Å². The van der Waals surface area contributed by atoms with Crippen LogP contribution in [0.15, 0.2) is 41.3 Å². The normalized spacial score (nSPS) is 18.7. The van der Waals surface area contributed by atoms with Crippen molar-refractivity contribution in [3.63, 3.8) is 0 Å². The summed E-state index contributed by atoms with van der Waals surface area (Å²) in [5.41, 5.74) is 5.60. The van der Waals surface area contributed by atoms with Gasteiger partial charge in [0.25, 0.3) is 11.5 Å². The van der Waals surface area contributed by atoms with Crippen LogP contribution in [0.3, 0.4) is 0 Å². The number of amides is 2. The van der Waals surface area contributed by atoms with Crippen molar-refractivity contribution in [1.29, 1.82) is 0 Å². The summed E-state index contributed by atoms with van der Waals surface area (Å²) < 4.78 is 11.5. The van der Waals surface area contributed by atoms with Gasteiger partial charge in [0.2, 0.25) is 12.2 Å². The first-order valence-electron chi connectivity index (χ1n) is 9.90. The Bertz CT molecular complexity index is 1100. The number of hydrogen-bond donors (Lipinski definition) is 3. The number of cyclic esters (lactones) is 1. The van der Waals surface area contributed by atoms with Crippen LogP contribution in [0.25, 0.3) is 0 Å². The predicted octanol–water partition coefficient (Wildman–Crippen LogP) is 1.69. The van der Waals surface area contributed by atoms with Gasteiger partial charge in [0.1, 0.15) is 17.8 Å². The van der Waals surface area contributed by atoms with Gasteiger partial charge < -0.3 is 30.4 Å². The number of benzene rings is 1. The SMILES string of the molecule is CCOC1OC(=O)C[C@@H]1NC(=O)C(C)n1cccc(NC(=O)c2ccc(N)c(Cl)c2)c1=O. The van der Waals surface area contributed by atoms with Crippen molar-refractivity contribution in [2.75, 3.05) is 17.7 Å². The lowest BCUT2D eigenvalue weighted by molar-refractivity contribution is -0.164. The molecule has 10 nitrogen and oxygen atoms in total. The van der Waals surface area contributed by atoms with Gasteiger partial charge in [0.05, 0.1) is 17.1 Å². The molecule has 3 rings (SSSR count). The third-order valence-corrected chi connectivity index (χ3v) is 5.23. The number of carbonyl (C=O) groups is 3. The maximum Gasteiger partial charge on any atom is 0.310 e. The first-order chi connectivity index (χ1) is 15.2. The van der Waals surface area contributed by atoms with E-state index in [1.54, 1.807) is 6.92 Å². The molecule has 170 valence electrons. The molecule has 32 heavy (non-hydrogen) atoms. The number of nitrogens with two attached hydrogens (primary N) is 1. The molecule has 0 aliphatic carbocycles. The number of nitrogen functional groups attached to an aromatic ring is 1. The Morgan fingerprint density at radius 2 is 2.09 bits per heavy atom. The fourth-order valence-electron chi connectivity index (χ4n) is 3.17. The Labute approximate surface area is 188 Å². The molecule has 1 aliphatic rings. The van der Waals surface area contributed by atoms with Crippen LogP contribution in [0.4, 0.5) is 11.4 Å². The first kappa shape index (κ1) is 23.3. The number of pyridine rings is 1. The molecule has 2 heterocycles. The molecular weight excluding hydrogens is 440 g/mol. The number of carbonyl (C=O) groups excluding carboxylic acids is 3. The summed E-state index contributed by atoms with van der Waals surface area (Å²) in [4.78, 5) is 49.7. The average Bonchev–Trinajstić information content (AvgIpc) is 3.09. The van der Waals surface area contributed by atoms with E-state index in [0.717, 1.165) is 0 Å². The number of rotatable bonds is 7. The van der Waals surface area contributed by atoms with E-state index in [1.165, 1.54) is 48.0 Å². The summed E-state index contributed by atoms with van der Waals surface area (Å²) in [6, 6.07) is 5.73. The van der Waals surface area contributed by atoms with Gasteiger partial charge in [0, 0.05) is 18.4 Å². The number of halogens is 1. The monoisotopic (exact) mass is 462 g/mol. The summed E-state index contributed by atoms with van der Waals surface area (Å²) in [5, 5.41) is 5.42. The van der Waals surface area contributed by atoms with Crippen LogP contribution in [0.2, 0.25) is 5.02 Å². The maximum absolute atomic E-state index is 12.9. The van der Waals surface area contributed by atoms with Gasteiger partial charge in [0.15, 0.2) is 0 Å². The van der Waals surface area contributed by atoms with Crippen LogP contribution in [0.5, 0.6) is 0 Å². The number of anilines is 2. The van der Waals surface area contributed by atoms with Crippen molar-refractivity contribution in [2.24, 2.45) is 0 Å². The van der Waals surface area contributed by atoms with E-state index in [2.05, 4.69) is 10.6 Å². The molecule has 0 radical (unpaired) electrons. The molecule has 3 atom stereocenters. The van der Waals surface area contributed by atoms with Gasteiger partial charge in [-0.05, 0) is 44.2 Å². The highest BCUT2D eigenvalue weighted by Gasteiger charge is 2.37. The fraction of sp³-hybridized carbons (Fsp3) is 0.333. The maximum atomic E-state index is 12.9. The minimum Gasteiger partial charge on any atom is -0.433 e. The highest BCUT2D eigenvalue weighted by molar-refractivity contribution is 6.33. The molecule has 0 spiro atoms. The minimum absolute atomic E-state index is 0.0170. The van der Waals surface area contributed by atoms with E-state index in [4.69, 9.17) is 26.8 Å². The number of aromatic nitrogens is 1. The van der Waals surface area contributed by atoms with E-state index < -0.39 is 41.7 Å². The molecule has 1 fully saturated rings. The molecule has 1 saturated heterocycles. The number of nitrogens with one attached hydrogen (secondary N) is 2. The molecule has 1 aromatic heterocycles. The van der Waals surface area contributed by atoms with E-state index in [0.29, 0.717) is 12.3 Å². The minimum atomic E-state index is -0.928. The van der Waals surface area contributed by atoms with Crippen molar-refractivity contribution in [2.45, 2.75) is 38.6 Å². The predicted molar refractivity (Wildman–Crippen MR) is 117 cm³/mol. The van der Waals surface area contributed by atoms with Gasteiger partial charge in [-0.15, -0.1) is 0 Å². The standard InChI is InChI=1S/C21H23ClN4O6/c1-3-31-21-16(10-17(27)32-21)25-18(28)11(2)26-8-4-5-15(20(26)30)24-19(29)12-6-7-14(23)13(22)9-12/h4-9,11,16,21H,3,10,23H2,1-2H3,(H,24,29)(H,25,28)/t11?,16-,21?/m0/s1. The average molecular weight is 463 g/mol. The summed E-state index contributed by atoms with van der Waals surface area (Å²) in [7, 11) is 0. The number of ether oxygens (including phenoxy) is 2. The third kappa shape index (κ3) is 5.09. The van der Waals surface area contributed by atoms with Gasteiger partial charge >= 0.3 is 5.97 Å². The van der Waals surface area contributed by atoms with Gasteiger partial charge in [-0.3, -0.25) is 19.2 Å². The molecule has 2 unspecified atom stereocenters. The zero-order valence-corrected chi connectivity index (χ0v) is 18.2. The second-order valence-electron chi connectivity index (χ2n) is 7.13. The summed E-state index contributed by atoms with van der Waals surface area (Å²) >= 11 is 5.95. The highest BCUT2D eigenvalue weighted by Crippen LogP contribution is 2.20. The summed E-state index contributed by atoms with van der Waals surface area (Å²) in [6.45, 7) is 3.57. The van der Waals surface area contributed by atoms with Crippen LogP contribution >= 0.6 is 11.6 Å². The summed E-state index contributed by atoms with van der Waals surface area (Å²) in [5.74, 6) is -1.54. The van der Waals surface area contributed by atoms with Crippen molar-refractivity contribution in [1.82, 2.24) is 9.88 Å². The molecule has 4 N–H and O–H groups in total. The Morgan fingerprint density at radius 1 is 1.34 bits per heavy atom. The second-order valence-corrected chi connectivity index (χ2v) is 7.54. The van der Waals surface area contributed by atoms with E-state index in [1.807, 2.05) is 0 Å². The largest absolute Gasteiger partial charge is 0.433 e. The van der Waals surface area contributed by atoms with Crippen LogP contribution in [-0.4, -0.2) is 41.3 Å². The molecule has 2 amide bonds. The van der Waals surface area contributed by atoms with E-state index in [-0.39, 0.29) is 22.7 Å². The Kier molecular flexibility index (Phi) is 7.16. The molecule has 11 heteroatoms. The molecule has 0 saturated carbocycles. The van der Waals surface area contributed by atoms with Crippen LogP contribution in [-0.2, 0) is 19.1 Å². The number of hydrogen-bond acceptors (Lipinski definition) is 7. The first-order valence-corrected chi connectivity index (χ1v) is 10.3. The summed E-state index contributed by atoms with van der Waals surface area (Å²) in [6.07, 6.45) is 0.523. The molecule has 2 aromatic rings. The second kappa shape index (κ2) is 9.84. The van der Waals surface area contributed by atoms with Gasteiger partial charge in [-0.1, -0.05) is 11.6 Å². The quantitative estimate of drug-likeness (QED) is 0.419. The smallest absolute Gasteiger partial charge is 0.310 e. The third-order valence-electron chi connectivity index (χ3n) is 4.90. The molecular formula is C21H23ClN4O6. The lowest BCUT2D eigenvalue weighted by Gasteiger charge is -2.21. The van der Waals surface area contributed by atoms with E-state index >= 15 is 0 Å². The number of nitrogens with zero attached hydrogens (tertiary/aromatic N) is 1. The van der Waals surface area contributed by atoms with Crippen molar-refractivity contribution in [3.8, 4) is 0 Å². The lowest BCUT2D eigenvalue weighted by Crippen LogP contribution is -2.45. The Hall–Kier alpha value is -3.37.